The van der Waals surface area contributed by atoms with Crippen LogP contribution in [0.3, 0.4) is 0 Å². The normalized spacial score (nSPS) is 12.5. The van der Waals surface area contributed by atoms with E-state index in [1.54, 1.807) is 0 Å². The number of benzene rings is 1. The molecular formula is C9H12INO2. The zero-order valence-electron chi connectivity index (χ0n) is 7.07. The third-order valence-corrected chi connectivity index (χ3v) is 2.32. The SMILES string of the molecule is OCC(O)CNc1ccc(I)cc1. The Balaban J connectivity index is 2.41. The molecule has 0 spiro atoms. The summed E-state index contributed by atoms with van der Waals surface area (Å²) in [6.07, 6.45) is -0.695. The summed E-state index contributed by atoms with van der Waals surface area (Å²) in [5.41, 5.74) is 0.952. The van der Waals surface area contributed by atoms with Crippen molar-refractivity contribution in [2.75, 3.05) is 18.5 Å². The smallest absolute Gasteiger partial charge is 0.0942 e. The molecule has 1 aromatic rings. The van der Waals surface area contributed by atoms with Gasteiger partial charge in [-0.2, -0.15) is 0 Å². The van der Waals surface area contributed by atoms with E-state index in [0.29, 0.717) is 6.54 Å². The minimum absolute atomic E-state index is 0.211. The van der Waals surface area contributed by atoms with Gasteiger partial charge in [-0.05, 0) is 46.9 Å². The Labute approximate surface area is 90.9 Å². The zero-order valence-corrected chi connectivity index (χ0v) is 9.23. The van der Waals surface area contributed by atoms with Gasteiger partial charge in [0.1, 0.15) is 0 Å². The van der Waals surface area contributed by atoms with E-state index < -0.39 is 6.10 Å². The molecule has 0 bridgehead atoms. The van der Waals surface area contributed by atoms with E-state index in [2.05, 4.69) is 27.9 Å². The van der Waals surface area contributed by atoms with E-state index in [1.165, 1.54) is 3.57 Å². The largest absolute Gasteiger partial charge is 0.394 e. The molecule has 13 heavy (non-hydrogen) atoms. The molecule has 0 saturated heterocycles. The molecule has 1 rings (SSSR count). The number of anilines is 1. The second-order valence-electron chi connectivity index (χ2n) is 2.72. The zero-order chi connectivity index (χ0) is 9.68. The third-order valence-electron chi connectivity index (χ3n) is 1.60. The van der Waals surface area contributed by atoms with Crippen LogP contribution in [0.25, 0.3) is 0 Å². The van der Waals surface area contributed by atoms with Crippen molar-refractivity contribution >= 4 is 28.3 Å². The summed E-state index contributed by atoms with van der Waals surface area (Å²) in [6.45, 7) is 0.161. The average molecular weight is 293 g/mol. The van der Waals surface area contributed by atoms with Crippen LogP contribution in [0.5, 0.6) is 0 Å². The number of rotatable bonds is 4. The van der Waals surface area contributed by atoms with Gasteiger partial charge in [0, 0.05) is 15.8 Å². The Morgan fingerprint density at radius 1 is 1.31 bits per heavy atom. The summed E-state index contributed by atoms with van der Waals surface area (Å²) in [7, 11) is 0. The molecule has 0 heterocycles. The van der Waals surface area contributed by atoms with Crippen LogP contribution in [0.4, 0.5) is 5.69 Å². The minimum atomic E-state index is -0.695. The second kappa shape index (κ2) is 5.41. The van der Waals surface area contributed by atoms with Crippen LogP contribution in [-0.2, 0) is 0 Å². The van der Waals surface area contributed by atoms with Crippen LogP contribution >= 0.6 is 22.6 Å². The van der Waals surface area contributed by atoms with Crippen molar-refractivity contribution in [1.82, 2.24) is 0 Å². The van der Waals surface area contributed by atoms with Crippen molar-refractivity contribution in [3.8, 4) is 0 Å². The molecule has 1 unspecified atom stereocenters. The lowest BCUT2D eigenvalue weighted by Crippen LogP contribution is -2.22. The maximum Gasteiger partial charge on any atom is 0.0942 e. The van der Waals surface area contributed by atoms with Crippen LogP contribution in [-0.4, -0.2) is 29.5 Å². The molecule has 1 atom stereocenters. The molecule has 0 aliphatic carbocycles. The monoisotopic (exact) mass is 293 g/mol. The third kappa shape index (κ3) is 3.93. The van der Waals surface area contributed by atoms with E-state index in [1.807, 2.05) is 24.3 Å². The molecule has 72 valence electrons. The maximum atomic E-state index is 9.06. The van der Waals surface area contributed by atoms with Gasteiger partial charge in [0.25, 0.3) is 0 Å². The number of hydrogen-bond acceptors (Lipinski definition) is 3. The Bertz CT molecular complexity index is 250. The molecule has 1 aromatic carbocycles. The number of hydrogen-bond donors (Lipinski definition) is 3. The standard InChI is InChI=1S/C9H12INO2/c10-7-1-3-8(4-2-7)11-5-9(13)6-12/h1-4,9,11-13H,5-6H2. The van der Waals surface area contributed by atoms with Crippen molar-refractivity contribution in [2.45, 2.75) is 6.10 Å². The van der Waals surface area contributed by atoms with E-state index in [0.717, 1.165) is 5.69 Å². The summed E-state index contributed by atoms with van der Waals surface area (Å²) < 4.78 is 1.17. The fourth-order valence-electron chi connectivity index (χ4n) is 0.868. The van der Waals surface area contributed by atoms with E-state index >= 15 is 0 Å². The Kier molecular flexibility index (Phi) is 4.47. The molecule has 0 amide bonds. The first-order chi connectivity index (χ1) is 6.22. The van der Waals surface area contributed by atoms with Gasteiger partial charge in [0.15, 0.2) is 0 Å². The van der Waals surface area contributed by atoms with Crippen molar-refractivity contribution in [2.24, 2.45) is 0 Å². The van der Waals surface area contributed by atoms with Crippen LogP contribution in [0.1, 0.15) is 0 Å². The fourth-order valence-corrected chi connectivity index (χ4v) is 1.23. The molecule has 0 aliphatic heterocycles. The lowest BCUT2D eigenvalue weighted by molar-refractivity contribution is 0.105. The van der Waals surface area contributed by atoms with Crippen molar-refractivity contribution in [1.29, 1.82) is 0 Å². The van der Waals surface area contributed by atoms with Gasteiger partial charge < -0.3 is 15.5 Å². The quantitative estimate of drug-likeness (QED) is 0.728. The highest BCUT2D eigenvalue weighted by Gasteiger charge is 2.00. The number of halogens is 1. The Morgan fingerprint density at radius 3 is 2.46 bits per heavy atom. The molecule has 0 fully saturated rings. The highest BCUT2D eigenvalue weighted by atomic mass is 127. The first kappa shape index (κ1) is 10.7. The first-order valence-corrected chi connectivity index (χ1v) is 5.08. The molecule has 0 saturated carbocycles. The lowest BCUT2D eigenvalue weighted by Gasteiger charge is -2.09. The molecule has 4 heteroatoms. The molecule has 0 aromatic heterocycles. The summed E-state index contributed by atoms with van der Waals surface area (Å²) in [6, 6.07) is 7.83. The van der Waals surface area contributed by atoms with Gasteiger partial charge in [0.05, 0.1) is 12.7 Å². The fraction of sp³-hybridized carbons (Fsp3) is 0.333. The van der Waals surface area contributed by atoms with E-state index in [4.69, 9.17) is 10.2 Å². The van der Waals surface area contributed by atoms with Crippen molar-refractivity contribution in [3.05, 3.63) is 27.8 Å². The van der Waals surface area contributed by atoms with Crippen molar-refractivity contribution < 1.29 is 10.2 Å². The van der Waals surface area contributed by atoms with Gasteiger partial charge >= 0.3 is 0 Å². The molecule has 3 N–H and O–H groups in total. The highest BCUT2D eigenvalue weighted by molar-refractivity contribution is 14.1. The molecule has 0 aliphatic rings. The van der Waals surface area contributed by atoms with Crippen molar-refractivity contribution in [3.63, 3.8) is 0 Å². The summed E-state index contributed by atoms with van der Waals surface area (Å²) >= 11 is 2.23. The summed E-state index contributed by atoms with van der Waals surface area (Å²) in [4.78, 5) is 0. The van der Waals surface area contributed by atoms with Gasteiger partial charge in [-0.25, -0.2) is 0 Å². The number of aliphatic hydroxyl groups excluding tert-OH is 2. The molecule has 3 nitrogen and oxygen atoms in total. The van der Waals surface area contributed by atoms with E-state index in [9.17, 15) is 0 Å². The topological polar surface area (TPSA) is 52.5 Å². The van der Waals surface area contributed by atoms with E-state index in [-0.39, 0.29) is 6.61 Å². The van der Waals surface area contributed by atoms with Crippen LogP contribution in [0, 0.1) is 3.57 Å². The van der Waals surface area contributed by atoms with Crippen LogP contribution in [0.15, 0.2) is 24.3 Å². The first-order valence-electron chi connectivity index (χ1n) is 4.00. The maximum absolute atomic E-state index is 9.06. The summed E-state index contributed by atoms with van der Waals surface area (Å²) in [5, 5.41) is 20.6. The molecular weight excluding hydrogens is 281 g/mol. The predicted molar refractivity (Wildman–Crippen MR) is 60.7 cm³/mol. The average Bonchev–Trinajstić information content (AvgIpc) is 2.16. The van der Waals surface area contributed by atoms with Gasteiger partial charge in [-0.15, -0.1) is 0 Å². The second-order valence-corrected chi connectivity index (χ2v) is 3.97. The van der Waals surface area contributed by atoms with Crippen LogP contribution in [0.2, 0.25) is 0 Å². The van der Waals surface area contributed by atoms with Gasteiger partial charge in [0.2, 0.25) is 0 Å². The Morgan fingerprint density at radius 2 is 1.92 bits per heavy atom. The molecule has 0 radical (unpaired) electrons. The predicted octanol–water partition coefficient (Wildman–Crippen LogP) is 1.06. The van der Waals surface area contributed by atoms with Gasteiger partial charge in [-0.1, -0.05) is 0 Å². The number of nitrogens with one attached hydrogen (secondary N) is 1. The number of aliphatic hydroxyl groups is 2. The summed E-state index contributed by atoms with van der Waals surface area (Å²) in [5.74, 6) is 0. The highest BCUT2D eigenvalue weighted by Crippen LogP contribution is 2.10. The Hall–Kier alpha value is -0.330. The lowest BCUT2D eigenvalue weighted by atomic mass is 10.3. The minimum Gasteiger partial charge on any atom is -0.394 e. The van der Waals surface area contributed by atoms with Crippen LogP contribution < -0.4 is 5.32 Å². The van der Waals surface area contributed by atoms with Gasteiger partial charge in [-0.3, -0.25) is 0 Å².